The van der Waals surface area contributed by atoms with Crippen LogP contribution in [0.4, 0.5) is 5.69 Å². The summed E-state index contributed by atoms with van der Waals surface area (Å²) in [6.07, 6.45) is 4.52. The molecular weight excluding hydrogens is 228 g/mol. The smallest absolute Gasteiger partial charge is 0.145 e. The lowest BCUT2D eigenvalue weighted by atomic mass is 9.91. The van der Waals surface area contributed by atoms with E-state index in [0.717, 1.165) is 30.0 Å². The molecule has 1 saturated carbocycles. The molecule has 1 aromatic carbocycles. The van der Waals surface area contributed by atoms with E-state index in [0.29, 0.717) is 12.1 Å². The predicted molar refractivity (Wildman–Crippen MR) is 73.4 cm³/mol. The number of ether oxygens (including phenoxy) is 2. The molecule has 0 heterocycles. The molecular formula is C14H22N2O2. The van der Waals surface area contributed by atoms with Crippen LogP contribution >= 0.6 is 0 Å². The molecule has 2 rings (SSSR count). The molecule has 1 aromatic rings. The molecule has 0 radical (unpaired) electrons. The van der Waals surface area contributed by atoms with Crippen molar-refractivity contribution in [1.29, 1.82) is 0 Å². The molecule has 0 spiro atoms. The van der Waals surface area contributed by atoms with Crippen LogP contribution in [0.3, 0.4) is 0 Å². The summed E-state index contributed by atoms with van der Waals surface area (Å²) in [6.45, 7) is 0. The Bertz CT molecular complexity index is 395. The van der Waals surface area contributed by atoms with Gasteiger partial charge in [-0.2, -0.15) is 0 Å². The first-order valence-electron chi connectivity index (χ1n) is 6.47. The maximum atomic E-state index is 6.00. The molecule has 2 unspecified atom stereocenters. The zero-order valence-electron chi connectivity index (χ0n) is 11.1. The summed E-state index contributed by atoms with van der Waals surface area (Å²) in [6, 6.07) is 6.59. The Hall–Kier alpha value is -1.42. The van der Waals surface area contributed by atoms with Crippen molar-refractivity contribution in [2.24, 2.45) is 5.73 Å². The van der Waals surface area contributed by atoms with Gasteiger partial charge in [0.2, 0.25) is 0 Å². The molecule has 0 bridgehead atoms. The van der Waals surface area contributed by atoms with Gasteiger partial charge in [-0.25, -0.2) is 0 Å². The topological polar surface area (TPSA) is 56.5 Å². The molecule has 0 saturated heterocycles. The summed E-state index contributed by atoms with van der Waals surface area (Å²) in [4.78, 5) is 0. The highest BCUT2D eigenvalue weighted by Crippen LogP contribution is 2.31. The second kappa shape index (κ2) is 5.96. The Labute approximate surface area is 108 Å². The van der Waals surface area contributed by atoms with Gasteiger partial charge in [-0.05, 0) is 37.8 Å². The van der Waals surface area contributed by atoms with E-state index in [2.05, 4.69) is 5.32 Å². The number of methoxy groups -OCH3 is 2. The van der Waals surface area contributed by atoms with E-state index in [1.165, 1.54) is 12.8 Å². The summed E-state index contributed by atoms with van der Waals surface area (Å²) in [5.41, 5.74) is 7.02. The summed E-state index contributed by atoms with van der Waals surface area (Å²) in [5, 5.41) is 3.52. The molecule has 4 heteroatoms. The first-order chi connectivity index (χ1) is 8.72. The van der Waals surface area contributed by atoms with Crippen LogP contribution in [-0.2, 0) is 0 Å². The van der Waals surface area contributed by atoms with Gasteiger partial charge in [-0.15, -0.1) is 0 Å². The van der Waals surface area contributed by atoms with Crippen LogP contribution in [0.15, 0.2) is 18.2 Å². The SMILES string of the molecule is COc1ccc(NC2CCCC(N)C2)c(OC)c1. The fraction of sp³-hybridized carbons (Fsp3) is 0.571. The highest BCUT2D eigenvalue weighted by atomic mass is 16.5. The van der Waals surface area contributed by atoms with E-state index in [1.54, 1.807) is 14.2 Å². The van der Waals surface area contributed by atoms with Gasteiger partial charge in [-0.1, -0.05) is 0 Å². The zero-order chi connectivity index (χ0) is 13.0. The van der Waals surface area contributed by atoms with E-state index < -0.39 is 0 Å². The minimum absolute atomic E-state index is 0.320. The molecule has 1 fully saturated rings. The quantitative estimate of drug-likeness (QED) is 0.861. The van der Waals surface area contributed by atoms with E-state index >= 15 is 0 Å². The number of nitrogens with two attached hydrogens (primary N) is 1. The molecule has 3 N–H and O–H groups in total. The lowest BCUT2D eigenvalue weighted by molar-refractivity contribution is 0.390. The fourth-order valence-corrected chi connectivity index (χ4v) is 2.50. The van der Waals surface area contributed by atoms with E-state index in [9.17, 15) is 0 Å². The Balaban J connectivity index is 2.08. The second-order valence-corrected chi connectivity index (χ2v) is 4.83. The van der Waals surface area contributed by atoms with E-state index in [4.69, 9.17) is 15.2 Å². The normalized spacial score (nSPS) is 23.5. The van der Waals surface area contributed by atoms with Crippen LogP contribution in [0.5, 0.6) is 11.5 Å². The maximum absolute atomic E-state index is 6.00. The van der Waals surface area contributed by atoms with Gasteiger partial charge in [0.05, 0.1) is 19.9 Å². The monoisotopic (exact) mass is 250 g/mol. The lowest BCUT2D eigenvalue weighted by Crippen LogP contribution is -2.34. The Morgan fingerprint density at radius 1 is 1.22 bits per heavy atom. The first kappa shape index (κ1) is 13.0. The van der Waals surface area contributed by atoms with Crippen LogP contribution < -0.4 is 20.5 Å². The summed E-state index contributed by atoms with van der Waals surface area (Å²) >= 11 is 0. The Morgan fingerprint density at radius 2 is 2.06 bits per heavy atom. The lowest BCUT2D eigenvalue weighted by Gasteiger charge is -2.28. The highest BCUT2D eigenvalue weighted by Gasteiger charge is 2.20. The molecule has 1 aliphatic rings. The van der Waals surface area contributed by atoms with Gasteiger partial charge in [0.25, 0.3) is 0 Å². The Kier molecular flexibility index (Phi) is 4.31. The van der Waals surface area contributed by atoms with Crippen LogP contribution in [-0.4, -0.2) is 26.3 Å². The molecule has 2 atom stereocenters. The van der Waals surface area contributed by atoms with Crippen LogP contribution in [0.2, 0.25) is 0 Å². The molecule has 4 nitrogen and oxygen atoms in total. The van der Waals surface area contributed by atoms with Gasteiger partial charge in [0.15, 0.2) is 0 Å². The predicted octanol–water partition coefficient (Wildman–Crippen LogP) is 2.39. The second-order valence-electron chi connectivity index (χ2n) is 4.83. The first-order valence-corrected chi connectivity index (χ1v) is 6.47. The Morgan fingerprint density at radius 3 is 2.72 bits per heavy atom. The maximum Gasteiger partial charge on any atom is 0.145 e. The fourth-order valence-electron chi connectivity index (χ4n) is 2.50. The van der Waals surface area contributed by atoms with Crippen molar-refractivity contribution in [2.75, 3.05) is 19.5 Å². The number of hydrogen-bond donors (Lipinski definition) is 2. The largest absolute Gasteiger partial charge is 0.497 e. The van der Waals surface area contributed by atoms with Crippen molar-refractivity contribution >= 4 is 5.69 Å². The van der Waals surface area contributed by atoms with Crippen molar-refractivity contribution in [3.05, 3.63) is 18.2 Å². The third kappa shape index (κ3) is 3.07. The van der Waals surface area contributed by atoms with Gasteiger partial charge in [0.1, 0.15) is 11.5 Å². The molecule has 18 heavy (non-hydrogen) atoms. The van der Waals surface area contributed by atoms with Crippen molar-refractivity contribution in [2.45, 2.75) is 37.8 Å². The van der Waals surface area contributed by atoms with E-state index in [-0.39, 0.29) is 0 Å². The third-order valence-corrected chi connectivity index (χ3v) is 3.48. The molecule has 1 aliphatic carbocycles. The standard InChI is InChI=1S/C14H22N2O2/c1-17-12-6-7-13(14(9-12)18-2)16-11-5-3-4-10(15)8-11/h6-7,9-11,16H,3-5,8,15H2,1-2H3. The number of rotatable bonds is 4. The van der Waals surface area contributed by atoms with Crippen molar-refractivity contribution in [1.82, 2.24) is 0 Å². The minimum Gasteiger partial charge on any atom is -0.497 e. The summed E-state index contributed by atoms with van der Waals surface area (Å²) in [7, 11) is 3.33. The van der Waals surface area contributed by atoms with Crippen LogP contribution in [0.25, 0.3) is 0 Å². The number of benzene rings is 1. The summed E-state index contributed by atoms with van der Waals surface area (Å²) in [5.74, 6) is 1.62. The van der Waals surface area contributed by atoms with Gasteiger partial charge >= 0.3 is 0 Å². The van der Waals surface area contributed by atoms with Crippen molar-refractivity contribution in [3.8, 4) is 11.5 Å². The number of nitrogens with one attached hydrogen (secondary N) is 1. The molecule has 0 aliphatic heterocycles. The minimum atomic E-state index is 0.320. The third-order valence-electron chi connectivity index (χ3n) is 3.48. The number of anilines is 1. The zero-order valence-corrected chi connectivity index (χ0v) is 11.1. The van der Waals surface area contributed by atoms with E-state index in [1.807, 2.05) is 18.2 Å². The molecule has 100 valence electrons. The average Bonchev–Trinajstić information content (AvgIpc) is 2.39. The molecule has 0 aromatic heterocycles. The molecule has 0 amide bonds. The summed E-state index contributed by atoms with van der Waals surface area (Å²) < 4.78 is 10.6. The number of hydrogen-bond acceptors (Lipinski definition) is 4. The van der Waals surface area contributed by atoms with Gasteiger partial charge in [-0.3, -0.25) is 0 Å². The van der Waals surface area contributed by atoms with Crippen LogP contribution in [0, 0.1) is 0 Å². The van der Waals surface area contributed by atoms with Gasteiger partial charge in [0, 0.05) is 18.2 Å². The van der Waals surface area contributed by atoms with Crippen molar-refractivity contribution in [3.63, 3.8) is 0 Å². The van der Waals surface area contributed by atoms with Crippen LogP contribution in [0.1, 0.15) is 25.7 Å². The highest BCUT2D eigenvalue weighted by molar-refractivity contribution is 5.59. The van der Waals surface area contributed by atoms with Gasteiger partial charge < -0.3 is 20.5 Å². The van der Waals surface area contributed by atoms with Crippen molar-refractivity contribution < 1.29 is 9.47 Å². The average molecular weight is 250 g/mol.